The standard InChI is InChI=1S/C20H20N4O2/c1-23-18-6-4-3-5-16(18)22-19(23)12-21-20(25)13-24-10-9-14-11-15(26-2)7-8-17(14)24/h3-11H,12-13H2,1-2H3,(H,21,25). The number of fused-ring (bicyclic) bond motifs is 2. The molecule has 2 aromatic carbocycles. The Morgan fingerprint density at radius 3 is 2.81 bits per heavy atom. The predicted molar refractivity (Wildman–Crippen MR) is 101 cm³/mol. The smallest absolute Gasteiger partial charge is 0.240 e. The summed E-state index contributed by atoms with van der Waals surface area (Å²) in [5.41, 5.74) is 3.00. The van der Waals surface area contributed by atoms with Crippen LogP contribution in [0.2, 0.25) is 0 Å². The van der Waals surface area contributed by atoms with Crippen LogP contribution in [0, 0.1) is 0 Å². The zero-order valence-electron chi connectivity index (χ0n) is 14.8. The van der Waals surface area contributed by atoms with E-state index in [1.165, 1.54) is 0 Å². The SMILES string of the molecule is COc1ccc2c(ccn2CC(=O)NCc2nc3ccccc3n2C)c1. The molecular formula is C20H20N4O2. The van der Waals surface area contributed by atoms with Crippen LogP contribution in [-0.2, 0) is 24.9 Å². The number of nitrogens with one attached hydrogen (secondary N) is 1. The van der Waals surface area contributed by atoms with Crippen molar-refractivity contribution in [3.63, 3.8) is 0 Å². The van der Waals surface area contributed by atoms with Crippen LogP contribution >= 0.6 is 0 Å². The highest BCUT2D eigenvalue weighted by Gasteiger charge is 2.10. The summed E-state index contributed by atoms with van der Waals surface area (Å²) in [5, 5.41) is 4.01. The highest BCUT2D eigenvalue weighted by atomic mass is 16.5. The average Bonchev–Trinajstić information content (AvgIpc) is 3.21. The molecule has 2 heterocycles. The number of carbonyl (C=O) groups is 1. The zero-order valence-corrected chi connectivity index (χ0v) is 14.8. The van der Waals surface area contributed by atoms with E-state index in [0.717, 1.165) is 33.5 Å². The quantitative estimate of drug-likeness (QED) is 0.603. The molecule has 2 aromatic heterocycles. The van der Waals surface area contributed by atoms with E-state index in [4.69, 9.17) is 4.74 Å². The molecule has 0 aliphatic rings. The van der Waals surface area contributed by atoms with Crippen molar-refractivity contribution in [1.82, 2.24) is 19.4 Å². The summed E-state index contributed by atoms with van der Waals surface area (Å²) in [6.07, 6.45) is 1.92. The van der Waals surface area contributed by atoms with Crippen LogP contribution < -0.4 is 10.1 Å². The summed E-state index contributed by atoms with van der Waals surface area (Å²) in [5.74, 6) is 1.59. The van der Waals surface area contributed by atoms with Gasteiger partial charge in [-0.15, -0.1) is 0 Å². The summed E-state index contributed by atoms with van der Waals surface area (Å²) in [7, 11) is 3.61. The molecule has 4 aromatic rings. The molecule has 1 N–H and O–H groups in total. The van der Waals surface area contributed by atoms with Gasteiger partial charge in [0.1, 0.15) is 18.1 Å². The second-order valence-electron chi connectivity index (χ2n) is 6.22. The highest BCUT2D eigenvalue weighted by molar-refractivity contribution is 5.84. The van der Waals surface area contributed by atoms with Crippen molar-refractivity contribution >= 4 is 27.8 Å². The summed E-state index contributed by atoms with van der Waals surface area (Å²) in [6, 6.07) is 15.8. The predicted octanol–water partition coefficient (Wildman–Crippen LogP) is 2.85. The molecule has 0 saturated heterocycles. The highest BCUT2D eigenvalue weighted by Crippen LogP contribution is 2.21. The lowest BCUT2D eigenvalue weighted by atomic mass is 10.2. The second kappa shape index (κ2) is 6.55. The fraction of sp³-hybridized carbons (Fsp3) is 0.200. The molecule has 132 valence electrons. The summed E-state index contributed by atoms with van der Waals surface area (Å²) in [4.78, 5) is 17.0. The average molecular weight is 348 g/mol. The van der Waals surface area contributed by atoms with Crippen LogP contribution in [-0.4, -0.2) is 27.1 Å². The first-order valence-electron chi connectivity index (χ1n) is 8.45. The van der Waals surface area contributed by atoms with E-state index in [1.807, 2.05) is 70.9 Å². The molecular weight excluding hydrogens is 328 g/mol. The molecule has 0 atom stereocenters. The normalized spacial score (nSPS) is 11.2. The van der Waals surface area contributed by atoms with Gasteiger partial charge >= 0.3 is 0 Å². The van der Waals surface area contributed by atoms with Crippen molar-refractivity contribution in [2.24, 2.45) is 7.05 Å². The lowest BCUT2D eigenvalue weighted by Gasteiger charge is -2.08. The van der Waals surface area contributed by atoms with E-state index in [2.05, 4.69) is 10.3 Å². The van der Waals surface area contributed by atoms with Gasteiger partial charge in [0.25, 0.3) is 0 Å². The molecule has 0 radical (unpaired) electrons. The molecule has 6 nitrogen and oxygen atoms in total. The number of nitrogens with zero attached hydrogens (tertiary/aromatic N) is 3. The van der Waals surface area contributed by atoms with Gasteiger partial charge in [-0.3, -0.25) is 4.79 Å². The molecule has 6 heteroatoms. The molecule has 0 aliphatic carbocycles. The minimum atomic E-state index is -0.0506. The number of methoxy groups -OCH3 is 1. The Morgan fingerprint density at radius 1 is 1.15 bits per heavy atom. The number of amides is 1. The molecule has 26 heavy (non-hydrogen) atoms. The number of aryl methyl sites for hydroxylation is 1. The van der Waals surface area contributed by atoms with Gasteiger partial charge in [-0.25, -0.2) is 4.98 Å². The Bertz CT molecular complexity index is 1090. The van der Waals surface area contributed by atoms with Gasteiger partial charge in [-0.05, 0) is 36.4 Å². The number of rotatable bonds is 5. The third-order valence-corrected chi connectivity index (χ3v) is 4.62. The molecule has 4 rings (SSSR count). The van der Waals surface area contributed by atoms with Crippen molar-refractivity contribution in [2.75, 3.05) is 7.11 Å². The number of hydrogen-bond acceptors (Lipinski definition) is 3. The molecule has 0 spiro atoms. The Hall–Kier alpha value is -3.28. The van der Waals surface area contributed by atoms with Gasteiger partial charge in [0.15, 0.2) is 0 Å². The molecule has 0 unspecified atom stereocenters. The first-order valence-corrected chi connectivity index (χ1v) is 8.45. The first-order chi connectivity index (χ1) is 12.7. The number of para-hydroxylation sites is 2. The minimum absolute atomic E-state index is 0.0506. The third kappa shape index (κ3) is 2.90. The molecule has 0 fully saturated rings. The Kier molecular flexibility index (Phi) is 4.08. The van der Waals surface area contributed by atoms with Crippen LogP contribution in [0.3, 0.4) is 0 Å². The van der Waals surface area contributed by atoms with Crippen molar-refractivity contribution in [3.8, 4) is 5.75 Å². The molecule has 0 bridgehead atoms. The fourth-order valence-electron chi connectivity index (χ4n) is 3.18. The van der Waals surface area contributed by atoms with Crippen molar-refractivity contribution in [2.45, 2.75) is 13.1 Å². The zero-order chi connectivity index (χ0) is 18.1. The lowest BCUT2D eigenvalue weighted by molar-refractivity contribution is -0.121. The van der Waals surface area contributed by atoms with Crippen LogP contribution in [0.1, 0.15) is 5.82 Å². The Balaban J connectivity index is 1.46. The lowest BCUT2D eigenvalue weighted by Crippen LogP contribution is -2.28. The summed E-state index contributed by atoms with van der Waals surface area (Å²) in [6.45, 7) is 0.664. The van der Waals surface area contributed by atoms with Crippen LogP contribution in [0.15, 0.2) is 54.7 Å². The fourth-order valence-corrected chi connectivity index (χ4v) is 3.18. The van der Waals surface area contributed by atoms with E-state index in [9.17, 15) is 4.79 Å². The maximum atomic E-state index is 12.4. The maximum Gasteiger partial charge on any atom is 0.240 e. The van der Waals surface area contributed by atoms with Crippen LogP contribution in [0.5, 0.6) is 5.75 Å². The van der Waals surface area contributed by atoms with E-state index < -0.39 is 0 Å². The minimum Gasteiger partial charge on any atom is -0.497 e. The van der Waals surface area contributed by atoms with Gasteiger partial charge in [0.2, 0.25) is 5.91 Å². The van der Waals surface area contributed by atoms with Gasteiger partial charge in [0.05, 0.1) is 24.7 Å². The van der Waals surface area contributed by atoms with E-state index in [0.29, 0.717) is 6.54 Å². The van der Waals surface area contributed by atoms with Crippen LogP contribution in [0.4, 0.5) is 0 Å². The largest absolute Gasteiger partial charge is 0.497 e. The maximum absolute atomic E-state index is 12.4. The Labute approximate surface area is 151 Å². The van der Waals surface area contributed by atoms with Crippen molar-refractivity contribution in [3.05, 3.63) is 60.6 Å². The summed E-state index contributed by atoms with van der Waals surface area (Å²) >= 11 is 0. The van der Waals surface area contributed by atoms with E-state index in [-0.39, 0.29) is 12.5 Å². The Morgan fingerprint density at radius 2 is 2.00 bits per heavy atom. The number of ether oxygens (including phenoxy) is 1. The number of aromatic nitrogens is 3. The van der Waals surface area contributed by atoms with Crippen LogP contribution in [0.25, 0.3) is 21.9 Å². The number of carbonyl (C=O) groups excluding carboxylic acids is 1. The molecule has 1 amide bonds. The third-order valence-electron chi connectivity index (χ3n) is 4.62. The molecule has 0 aliphatic heterocycles. The van der Waals surface area contributed by atoms with E-state index in [1.54, 1.807) is 7.11 Å². The van der Waals surface area contributed by atoms with E-state index >= 15 is 0 Å². The van der Waals surface area contributed by atoms with Gasteiger partial charge < -0.3 is 19.2 Å². The molecule has 0 saturated carbocycles. The van der Waals surface area contributed by atoms with Gasteiger partial charge in [-0.2, -0.15) is 0 Å². The monoisotopic (exact) mass is 348 g/mol. The first kappa shape index (κ1) is 16.2. The number of imidazole rings is 1. The van der Waals surface area contributed by atoms with Gasteiger partial charge in [-0.1, -0.05) is 12.1 Å². The number of hydrogen-bond donors (Lipinski definition) is 1. The van der Waals surface area contributed by atoms with Crippen molar-refractivity contribution in [1.29, 1.82) is 0 Å². The summed E-state index contributed by atoms with van der Waals surface area (Å²) < 4.78 is 9.18. The number of benzene rings is 2. The van der Waals surface area contributed by atoms with Gasteiger partial charge in [0, 0.05) is 24.1 Å². The second-order valence-corrected chi connectivity index (χ2v) is 6.22. The topological polar surface area (TPSA) is 61.1 Å². The van der Waals surface area contributed by atoms with Crippen molar-refractivity contribution < 1.29 is 9.53 Å².